The molecular formula is C25H30ClN3O3. The van der Waals surface area contributed by atoms with Crippen molar-refractivity contribution in [3.8, 4) is 0 Å². The Bertz CT molecular complexity index is 942. The summed E-state index contributed by atoms with van der Waals surface area (Å²) in [4.78, 5) is 38.6. The van der Waals surface area contributed by atoms with E-state index < -0.39 is 0 Å². The molecule has 0 saturated carbocycles. The summed E-state index contributed by atoms with van der Waals surface area (Å²) in [6.45, 7) is 4.88. The first-order chi connectivity index (χ1) is 15.3. The minimum absolute atomic E-state index is 0.103. The van der Waals surface area contributed by atoms with Gasteiger partial charge in [-0.25, -0.2) is 0 Å². The van der Waals surface area contributed by atoms with Gasteiger partial charge in [0.15, 0.2) is 0 Å². The van der Waals surface area contributed by atoms with Crippen LogP contribution >= 0.6 is 11.6 Å². The fourth-order valence-electron chi connectivity index (χ4n) is 3.74. The molecule has 0 radical (unpaired) electrons. The van der Waals surface area contributed by atoms with Gasteiger partial charge in [0.2, 0.25) is 11.8 Å². The van der Waals surface area contributed by atoms with Crippen molar-refractivity contribution in [2.24, 2.45) is 5.92 Å². The molecule has 3 rings (SSSR count). The fraction of sp³-hybridized carbons (Fsp3) is 0.400. The molecule has 1 aliphatic heterocycles. The van der Waals surface area contributed by atoms with E-state index in [2.05, 4.69) is 24.5 Å². The van der Waals surface area contributed by atoms with Crippen molar-refractivity contribution in [1.29, 1.82) is 0 Å². The van der Waals surface area contributed by atoms with E-state index in [1.165, 1.54) is 0 Å². The molecule has 0 spiro atoms. The maximum Gasteiger partial charge on any atom is 0.251 e. The van der Waals surface area contributed by atoms with Crippen molar-refractivity contribution in [2.75, 3.05) is 18.0 Å². The zero-order valence-electron chi connectivity index (χ0n) is 18.6. The average Bonchev–Trinajstić information content (AvgIpc) is 3.21. The molecule has 1 aliphatic rings. The van der Waals surface area contributed by atoms with Gasteiger partial charge in [0.25, 0.3) is 5.91 Å². The Labute approximate surface area is 194 Å². The summed E-state index contributed by atoms with van der Waals surface area (Å²) in [5.41, 5.74) is 2.22. The normalized spacial score (nSPS) is 14.5. The standard InChI is InChI=1S/C25H30ClN3O3/c1-17(2)5-14-22(18-6-10-20(26)11-7-18)28-23(30)16-27-25(32)19-8-12-21(13-9-19)29-15-3-4-24(29)31/h6-13,17,22H,3-5,14-16H2,1-2H3,(H,27,32)(H,28,30). The number of hydrogen-bond acceptors (Lipinski definition) is 3. The molecule has 1 saturated heterocycles. The number of carbonyl (C=O) groups is 3. The van der Waals surface area contributed by atoms with Gasteiger partial charge in [-0.05, 0) is 67.1 Å². The largest absolute Gasteiger partial charge is 0.348 e. The Hall–Kier alpha value is -2.86. The molecule has 2 aromatic rings. The number of rotatable bonds is 9. The van der Waals surface area contributed by atoms with E-state index >= 15 is 0 Å². The Kier molecular flexibility index (Phi) is 8.28. The molecule has 1 unspecified atom stereocenters. The lowest BCUT2D eigenvalue weighted by atomic mass is 9.97. The molecule has 0 bridgehead atoms. The van der Waals surface area contributed by atoms with Crippen LogP contribution < -0.4 is 15.5 Å². The van der Waals surface area contributed by atoms with E-state index in [9.17, 15) is 14.4 Å². The first-order valence-corrected chi connectivity index (χ1v) is 11.4. The first-order valence-electron chi connectivity index (χ1n) is 11.1. The van der Waals surface area contributed by atoms with Crippen LogP contribution in [-0.2, 0) is 9.59 Å². The van der Waals surface area contributed by atoms with Crippen molar-refractivity contribution in [3.63, 3.8) is 0 Å². The Morgan fingerprint density at radius 3 is 2.31 bits per heavy atom. The Morgan fingerprint density at radius 2 is 1.72 bits per heavy atom. The third-order valence-electron chi connectivity index (χ3n) is 5.56. The molecule has 0 aromatic heterocycles. The van der Waals surface area contributed by atoms with Gasteiger partial charge in [0.1, 0.15) is 0 Å². The van der Waals surface area contributed by atoms with Crippen LogP contribution in [0.1, 0.15) is 61.5 Å². The van der Waals surface area contributed by atoms with E-state index in [1.54, 1.807) is 29.2 Å². The molecule has 7 heteroatoms. The lowest BCUT2D eigenvalue weighted by Crippen LogP contribution is -2.38. The quantitative estimate of drug-likeness (QED) is 0.584. The van der Waals surface area contributed by atoms with Crippen molar-refractivity contribution in [2.45, 2.75) is 45.6 Å². The molecule has 1 atom stereocenters. The third kappa shape index (κ3) is 6.57. The highest BCUT2D eigenvalue weighted by Gasteiger charge is 2.22. The third-order valence-corrected chi connectivity index (χ3v) is 5.82. The van der Waals surface area contributed by atoms with Crippen LogP contribution in [0.5, 0.6) is 0 Å². The van der Waals surface area contributed by atoms with Crippen LogP contribution in [0, 0.1) is 5.92 Å². The second kappa shape index (κ2) is 11.1. The van der Waals surface area contributed by atoms with Crippen molar-refractivity contribution in [1.82, 2.24) is 10.6 Å². The van der Waals surface area contributed by atoms with Gasteiger partial charge >= 0.3 is 0 Å². The number of benzene rings is 2. The van der Waals surface area contributed by atoms with Crippen LogP contribution in [0.3, 0.4) is 0 Å². The predicted molar refractivity (Wildman–Crippen MR) is 127 cm³/mol. The number of nitrogens with one attached hydrogen (secondary N) is 2. The molecule has 1 fully saturated rings. The lowest BCUT2D eigenvalue weighted by molar-refractivity contribution is -0.121. The Balaban J connectivity index is 1.55. The number of carbonyl (C=O) groups excluding carboxylic acids is 3. The van der Waals surface area contributed by atoms with Crippen LogP contribution in [0.2, 0.25) is 5.02 Å². The van der Waals surface area contributed by atoms with E-state index in [4.69, 9.17) is 11.6 Å². The van der Waals surface area contributed by atoms with E-state index in [1.807, 2.05) is 24.3 Å². The summed E-state index contributed by atoms with van der Waals surface area (Å²) in [5.74, 6) is 0.0397. The topological polar surface area (TPSA) is 78.5 Å². The van der Waals surface area contributed by atoms with Gasteiger partial charge in [-0.2, -0.15) is 0 Å². The predicted octanol–water partition coefficient (Wildman–Crippen LogP) is 4.49. The van der Waals surface area contributed by atoms with Crippen molar-refractivity contribution >= 4 is 35.0 Å². The maximum absolute atomic E-state index is 12.5. The van der Waals surface area contributed by atoms with Crippen LogP contribution in [-0.4, -0.2) is 30.8 Å². The molecular weight excluding hydrogens is 426 g/mol. The van der Waals surface area contributed by atoms with Gasteiger partial charge in [-0.1, -0.05) is 37.6 Å². The number of amides is 3. The van der Waals surface area contributed by atoms with Gasteiger partial charge in [-0.3, -0.25) is 14.4 Å². The molecule has 0 aliphatic carbocycles. The van der Waals surface area contributed by atoms with Crippen LogP contribution in [0.4, 0.5) is 5.69 Å². The van der Waals surface area contributed by atoms with Gasteiger partial charge in [0, 0.05) is 29.2 Å². The zero-order chi connectivity index (χ0) is 23.1. The highest BCUT2D eigenvalue weighted by Crippen LogP contribution is 2.23. The van der Waals surface area contributed by atoms with E-state index in [0.29, 0.717) is 29.5 Å². The number of halogens is 1. The van der Waals surface area contributed by atoms with Gasteiger partial charge in [-0.15, -0.1) is 0 Å². The monoisotopic (exact) mass is 455 g/mol. The highest BCUT2D eigenvalue weighted by molar-refractivity contribution is 6.30. The minimum Gasteiger partial charge on any atom is -0.348 e. The molecule has 2 aromatic carbocycles. The second-order valence-corrected chi connectivity index (χ2v) is 8.96. The highest BCUT2D eigenvalue weighted by atomic mass is 35.5. The van der Waals surface area contributed by atoms with Crippen LogP contribution in [0.15, 0.2) is 48.5 Å². The molecule has 2 N–H and O–H groups in total. The number of nitrogens with zero attached hydrogens (tertiary/aromatic N) is 1. The fourth-order valence-corrected chi connectivity index (χ4v) is 3.87. The van der Waals surface area contributed by atoms with E-state index in [-0.39, 0.29) is 30.3 Å². The Morgan fingerprint density at radius 1 is 1.03 bits per heavy atom. The summed E-state index contributed by atoms with van der Waals surface area (Å²) < 4.78 is 0. The SMILES string of the molecule is CC(C)CCC(NC(=O)CNC(=O)c1ccc(N2CCCC2=O)cc1)c1ccc(Cl)cc1. The molecule has 1 heterocycles. The number of anilines is 1. The zero-order valence-corrected chi connectivity index (χ0v) is 19.3. The average molecular weight is 456 g/mol. The summed E-state index contributed by atoms with van der Waals surface area (Å²) in [6.07, 6.45) is 3.18. The smallest absolute Gasteiger partial charge is 0.251 e. The maximum atomic E-state index is 12.5. The molecule has 3 amide bonds. The van der Waals surface area contributed by atoms with Crippen molar-refractivity contribution in [3.05, 3.63) is 64.7 Å². The first kappa shape index (κ1) is 23.8. The second-order valence-electron chi connectivity index (χ2n) is 8.52. The summed E-state index contributed by atoms with van der Waals surface area (Å²) in [5, 5.41) is 6.35. The molecule has 32 heavy (non-hydrogen) atoms. The minimum atomic E-state index is -0.329. The van der Waals surface area contributed by atoms with E-state index in [0.717, 1.165) is 30.5 Å². The molecule has 6 nitrogen and oxygen atoms in total. The lowest BCUT2D eigenvalue weighted by Gasteiger charge is -2.20. The van der Waals surface area contributed by atoms with Crippen molar-refractivity contribution < 1.29 is 14.4 Å². The summed E-state index contributed by atoms with van der Waals surface area (Å²) in [6, 6.07) is 14.2. The molecule has 170 valence electrons. The van der Waals surface area contributed by atoms with Gasteiger partial charge < -0.3 is 15.5 Å². The van der Waals surface area contributed by atoms with Crippen LogP contribution in [0.25, 0.3) is 0 Å². The van der Waals surface area contributed by atoms with Gasteiger partial charge in [0.05, 0.1) is 12.6 Å². The summed E-state index contributed by atoms with van der Waals surface area (Å²) in [7, 11) is 0. The number of hydrogen-bond donors (Lipinski definition) is 2. The summed E-state index contributed by atoms with van der Waals surface area (Å²) >= 11 is 5.99.